The molecule has 0 unspecified atom stereocenters. The molecule has 1 heterocycles. The smallest absolute Gasteiger partial charge is 0.324 e. The quantitative estimate of drug-likeness (QED) is 0.807. The minimum Gasteiger partial charge on any atom is -0.330 e. The molecule has 0 spiro atoms. The molecule has 1 aromatic rings. The number of carbonyl (C=O) groups excluding carboxylic acids is 1. The standard InChI is InChI=1S/C14H21N3O/c1-16-9-10-17(14(16)18)13-7-4-6-12(11-13)5-2-3-8-15/h4,6-7,11H,2-3,5,8-10,15H2,1H3. The van der Waals surface area contributed by atoms with E-state index < -0.39 is 0 Å². The number of hydrogen-bond donors (Lipinski definition) is 1. The summed E-state index contributed by atoms with van der Waals surface area (Å²) in [5, 5.41) is 0. The lowest BCUT2D eigenvalue weighted by atomic mass is 10.1. The minimum absolute atomic E-state index is 0.0918. The van der Waals surface area contributed by atoms with Crippen LogP contribution in [0.5, 0.6) is 0 Å². The maximum atomic E-state index is 11.9. The van der Waals surface area contributed by atoms with Gasteiger partial charge >= 0.3 is 6.03 Å². The Bertz CT molecular complexity index is 419. The zero-order chi connectivity index (χ0) is 13.0. The van der Waals surface area contributed by atoms with E-state index in [1.54, 1.807) is 4.90 Å². The van der Waals surface area contributed by atoms with Gasteiger partial charge in [-0.25, -0.2) is 4.79 Å². The Morgan fingerprint density at radius 1 is 1.28 bits per heavy atom. The molecule has 2 amide bonds. The number of likely N-dealkylation sites (N-methyl/N-ethyl adjacent to an activating group) is 1. The van der Waals surface area contributed by atoms with E-state index in [0.717, 1.165) is 44.6 Å². The number of benzene rings is 1. The van der Waals surface area contributed by atoms with Gasteiger partial charge < -0.3 is 10.6 Å². The number of unbranched alkanes of at least 4 members (excludes halogenated alkanes) is 1. The van der Waals surface area contributed by atoms with Gasteiger partial charge in [0.1, 0.15) is 0 Å². The van der Waals surface area contributed by atoms with E-state index in [2.05, 4.69) is 12.1 Å². The van der Waals surface area contributed by atoms with Gasteiger partial charge in [0.05, 0.1) is 0 Å². The number of nitrogens with zero attached hydrogens (tertiary/aromatic N) is 2. The number of urea groups is 1. The van der Waals surface area contributed by atoms with E-state index in [0.29, 0.717) is 0 Å². The monoisotopic (exact) mass is 247 g/mol. The van der Waals surface area contributed by atoms with Gasteiger partial charge in [0, 0.05) is 25.8 Å². The largest absolute Gasteiger partial charge is 0.330 e. The first-order valence-corrected chi connectivity index (χ1v) is 6.54. The highest BCUT2D eigenvalue weighted by molar-refractivity contribution is 5.93. The Balaban J connectivity index is 2.05. The molecule has 1 aromatic carbocycles. The molecule has 4 nitrogen and oxygen atoms in total. The molecule has 0 atom stereocenters. The van der Waals surface area contributed by atoms with Crippen LogP contribution in [0.4, 0.5) is 10.5 Å². The average molecular weight is 247 g/mol. The lowest BCUT2D eigenvalue weighted by Crippen LogP contribution is -2.29. The summed E-state index contributed by atoms with van der Waals surface area (Å²) in [6.45, 7) is 2.33. The molecule has 1 aliphatic rings. The van der Waals surface area contributed by atoms with E-state index in [4.69, 9.17) is 5.73 Å². The van der Waals surface area contributed by atoms with Crippen molar-refractivity contribution in [3.8, 4) is 0 Å². The van der Waals surface area contributed by atoms with Crippen LogP contribution in [-0.4, -0.2) is 37.6 Å². The van der Waals surface area contributed by atoms with Gasteiger partial charge in [-0.3, -0.25) is 4.90 Å². The maximum Gasteiger partial charge on any atom is 0.324 e. The second-order valence-electron chi connectivity index (χ2n) is 4.77. The molecule has 2 N–H and O–H groups in total. The van der Waals surface area contributed by atoms with Crippen LogP contribution in [-0.2, 0) is 6.42 Å². The SMILES string of the molecule is CN1CCN(c2cccc(CCCCN)c2)C1=O. The number of nitrogens with two attached hydrogens (primary N) is 1. The summed E-state index contributed by atoms with van der Waals surface area (Å²) in [5.41, 5.74) is 7.79. The molecule has 0 aliphatic carbocycles. The van der Waals surface area contributed by atoms with Crippen molar-refractivity contribution >= 4 is 11.7 Å². The lowest BCUT2D eigenvalue weighted by molar-refractivity contribution is 0.229. The molecule has 0 aromatic heterocycles. The molecule has 4 heteroatoms. The molecule has 1 aliphatic heterocycles. The van der Waals surface area contributed by atoms with E-state index in [1.807, 2.05) is 24.1 Å². The fourth-order valence-corrected chi connectivity index (χ4v) is 2.24. The molecular formula is C14H21N3O. The Labute approximate surface area is 108 Å². The fourth-order valence-electron chi connectivity index (χ4n) is 2.24. The molecular weight excluding hydrogens is 226 g/mol. The summed E-state index contributed by atoms with van der Waals surface area (Å²) in [4.78, 5) is 15.5. The zero-order valence-corrected chi connectivity index (χ0v) is 10.9. The van der Waals surface area contributed by atoms with Crippen molar-refractivity contribution < 1.29 is 4.79 Å². The van der Waals surface area contributed by atoms with Crippen LogP contribution in [0.25, 0.3) is 0 Å². The first-order chi connectivity index (χ1) is 8.72. The highest BCUT2D eigenvalue weighted by atomic mass is 16.2. The molecule has 98 valence electrons. The van der Waals surface area contributed by atoms with Gasteiger partial charge in [0.25, 0.3) is 0 Å². The molecule has 0 radical (unpaired) electrons. The number of aryl methyl sites for hydroxylation is 1. The Morgan fingerprint density at radius 3 is 2.78 bits per heavy atom. The third-order valence-electron chi connectivity index (χ3n) is 3.36. The first kappa shape index (κ1) is 12.9. The van der Waals surface area contributed by atoms with Gasteiger partial charge in [0.2, 0.25) is 0 Å². The number of rotatable bonds is 5. The molecule has 2 rings (SSSR count). The van der Waals surface area contributed by atoms with Crippen molar-refractivity contribution in [2.75, 3.05) is 31.6 Å². The van der Waals surface area contributed by atoms with Crippen LogP contribution in [0.2, 0.25) is 0 Å². The van der Waals surface area contributed by atoms with E-state index in [9.17, 15) is 4.79 Å². The van der Waals surface area contributed by atoms with Crippen LogP contribution >= 0.6 is 0 Å². The van der Waals surface area contributed by atoms with Crippen molar-refractivity contribution in [3.63, 3.8) is 0 Å². The summed E-state index contributed by atoms with van der Waals surface area (Å²) < 4.78 is 0. The third-order valence-corrected chi connectivity index (χ3v) is 3.36. The van der Waals surface area contributed by atoms with E-state index in [1.165, 1.54) is 5.56 Å². The van der Waals surface area contributed by atoms with Crippen molar-refractivity contribution in [2.24, 2.45) is 5.73 Å². The van der Waals surface area contributed by atoms with Crippen molar-refractivity contribution in [2.45, 2.75) is 19.3 Å². The Morgan fingerprint density at radius 2 is 2.11 bits per heavy atom. The lowest BCUT2D eigenvalue weighted by Gasteiger charge is -2.16. The second-order valence-corrected chi connectivity index (χ2v) is 4.77. The highest BCUT2D eigenvalue weighted by Crippen LogP contribution is 2.21. The van der Waals surface area contributed by atoms with Gasteiger partial charge in [-0.15, -0.1) is 0 Å². The molecule has 0 bridgehead atoms. The highest BCUT2D eigenvalue weighted by Gasteiger charge is 2.26. The van der Waals surface area contributed by atoms with Crippen LogP contribution in [0.3, 0.4) is 0 Å². The van der Waals surface area contributed by atoms with Gasteiger partial charge in [-0.2, -0.15) is 0 Å². The second kappa shape index (κ2) is 5.87. The van der Waals surface area contributed by atoms with Crippen LogP contribution in [0.15, 0.2) is 24.3 Å². The van der Waals surface area contributed by atoms with Crippen LogP contribution in [0, 0.1) is 0 Å². The summed E-state index contributed by atoms with van der Waals surface area (Å²) in [6, 6.07) is 8.36. The molecule has 1 saturated heterocycles. The summed E-state index contributed by atoms with van der Waals surface area (Å²) in [5.74, 6) is 0. The van der Waals surface area contributed by atoms with Crippen molar-refractivity contribution in [1.82, 2.24) is 4.90 Å². The van der Waals surface area contributed by atoms with Gasteiger partial charge in [-0.1, -0.05) is 12.1 Å². The number of anilines is 1. The van der Waals surface area contributed by atoms with Crippen molar-refractivity contribution in [3.05, 3.63) is 29.8 Å². The topological polar surface area (TPSA) is 49.6 Å². The van der Waals surface area contributed by atoms with Gasteiger partial charge in [-0.05, 0) is 43.5 Å². The van der Waals surface area contributed by atoms with Crippen LogP contribution in [0.1, 0.15) is 18.4 Å². The first-order valence-electron chi connectivity index (χ1n) is 6.54. The predicted octanol–water partition coefficient (Wildman–Crippen LogP) is 1.84. The molecule has 0 saturated carbocycles. The van der Waals surface area contributed by atoms with E-state index in [-0.39, 0.29) is 6.03 Å². The fraction of sp³-hybridized carbons (Fsp3) is 0.500. The summed E-state index contributed by atoms with van der Waals surface area (Å²) in [7, 11) is 1.84. The normalized spacial score (nSPS) is 15.6. The molecule has 1 fully saturated rings. The van der Waals surface area contributed by atoms with E-state index >= 15 is 0 Å². The van der Waals surface area contributed by atoms with Crippen LogP contribution < -0.4 is 10.6 Å². The average Bonchev–Trinajstić information content (AvgIpc) is 2.71. The molecule has 18 heavy (non-hydrogen) atoms. The predicted molar refractivity (Wildman–Crippen MR) is 73.8 cm³/mol. The maximum absolute atomic E-state index is 11.9. The Hall–Kier alpha value is -1.55. The van der Waals surface area contributed by atoms with Gasteiger partial charge in [0.15, 0.2) is 0 Å². The zero-order valence-electron chi connectivity index (χ0n) is 10.9. The van der Waals surface area contributed by atoms with Crippen molar-refractivity contribution in [1.29, 1.82) is 0 Å². The number of amides is 2. The number of carbonyl (C=O) groups is 1. The minimum atomic E-state index is 0.0918. The Kier molecular flexibility index (Phi) is 4.20. The summed E-state index contributed by atoms with van der Waals surface area (Å²) in [6.07, 6.45) is 3.19. The third kappa shape index (κ3) is 2.82. The number of hydrogen-bond acceptors (Lipinski definition) is 2. The summed E-state index contributed by atoms with van der Waals surface area (Å²) >= 11 is 0.